The lowest BCUT2D eigenvalue weighted by atomic mass is 10.2. The van der Waals surface area contributed by atoms with Gasteiger partial charge >= 0.3 is 6.03 Å². The molecule has 0 aliphatic rings. The molecule has 0 spiro atoms. The minimum absolute atomic E-state index is 0.357. The number of nitrogens with one attached hydrogen (secondary N) is 3. The maximum Gasteiger partial charge on any atom is 0.321 e. The molecular weight excluding hydrogens is 358 g/mol. The Balaban J connectivity index is 1.76. The summed E-state index contributed by atoms with van der Waals surface area (Å²) in [6, 6.07) is 8.95. The van der Waals surface area contributed by atoms with Crippen LogP contribution < -0.4 is 16.0 Å². The number of rotatable bonds is 8. The first-order valence-electron chi connectivity index (χ1n) is 7.56. The van der Waals surface area contributed by atoms with E-state index in [2.05, 4.69) is 32.7 Å². The van der Waals surface area contributed by atoms with Crippen LogP contribution in [0.5, 0.6) is 0 Å². The molecule has 0 aliphatic carbocycles. The van der Waals surface area contributed by atoms with Gasteiger partial charge in [0.2, 0.25) is 11.0 Å². The Hall–Kier alpha value is -2.39. The molecule has 0 bridgehead atoms. The van der Waals surface area contributed by atoms with Gasteiger partial charge < -0.3 is 10.6 Å². The van der Waals surface area contributed by atoms with Gasteiger partial charge in [-0.3, -0.25) is 10.1 Å². The van der Waals surface area contributed by atoms with E-state index in [1.165, 1.54) is 23.1 Å². The average molecular weight is 377 g/mol. The van der Waals surface area contributed by atoms with Crippen molar-refractivity contribution in [2.24, 2.45) is 0 Å². The molecule has 132 valence electrons. The van der Waals surface area contributed by atoms with Crippen LogP contribution in [0, 0.1) is 0 Å². The van der Waals surface area contributed by atoms with Crippen molar-refractivity contribution in [3.63, 3.8) is 0 Å². The van der Waals surface area contributed by atoms with Crippen LogP contribution in [0.25, 0.3) is 0 Å². The standard InChI is InChI=1S/C16H19N5O2S2/c1-3-9-17-15-20-21-16(25-15)24-11(2)13(22)19-14(23)18-10-12-7-5-4-6-8-12/h3-8,11H,1,9-10H2,2H3,(H,17,20)(H2,18,19,22,23)/t11-/m1/s1. The lowest BCUT2D eigenvalue weighted by molar-refractivity contribution is -0.119. The Morgan fingerprint density at radius 1 is 1.32 bits per heavy atom. The van der Waals surface area contributed by atoms with Gasteiger partial charge in [-0.25, -0.2) is 4.79 Å². The second kappa shape index (κ2) is 9.80. The summed E-state index contributed by atoms with van der Waals surface area (Å²) in [5.74, 6) is -0.383. The van der Waals surface area contributed by atoms with Crippen molar-refractivity contribution in [3.05, 3.63) is 48.6 Å². The predicted octanol–water partition coefficient (Wildman–Crippen LogP) is 2.64. The molecule has 2 rings (SSSR count). The fourth-order valence-electron chi connectivity index (χ4n) is 1.73. The van der Waals surface area contributed by atoms with Crippen molar-refractivity contribution in [2.45, 2.75) is 23.1 Å². The summed E-state index contributed by atoms with van der Waals surface area (Å²) >= 11 is 2.60. The lowest BCUT2D eigenvalue weighted by Gasteiger charge is -2.10. The zero-order valence-corrected chi connectivity index (χ0v) is 15.3. The number of carbonyl (C=O) groups excluding carboxylic acids is 2. The van der Waals surface area contributed by atoms with Crippen LogP contribution in [0.2, 0.25) is 0 Å². The summed E-state index contributed by atoms with van der Waals surface area (Å²) < 4.78 is 0.652. The Kier molecular flexibility index (Phi) is 7.42. The molecule has 3 N–H and O–H groups in total. The van der Waals surface area contributed by atoms with Gasteiger partial charge in [-0.05, 0) is 12.5 Å². The summed E-state index contributed by atoms with van der Waals surface area (Å²) in [4.78, 5) is 23.9. The summed E-state index contributed by atoms with van der Waals surface area (Å²) in [5.41, 5.74) is 0.959. The Morgan fingerprint density at radius 3 is 2.80 bits per heavy atom. The van der Waals surface area contributed by atoms with Gasteiger partial charge in [0.15, 0.2) is 4.34 Å². The molecule has 1 aromatic carbocycles. The van der Waals surface area contributed by atoms with E-state index in [1.54, 1.807) is 13.0 Å². The average Bonchev–Trinajstić information content (AvgIpc) is 3.06. The predicted molar refractivity (Wildman–Crippen MR) is 101 cm³/mol. The highest BCUT2D eigenvalue weighted by atomic mass is 32.2. The second-order valence-electron chi connectivity index (χ2n) is 4.96. The normalized spacial score (nSPS) is 11.4. The first-order chi connectivity index (χ1) is 12.1. The highest BCUT2D eigenvalue weighted by molar-refractivity contribution is 8.02. The second-order valence-corrected chi connectivity index (χ2v) is 7.53. The van der Waals surface area contributed by atoms with Gasteiger partial charge in [-0.2, -0.15) is 0 Å². The molecule has 1 aromatic heterocycles. The molecule has 0 fully saturated rings. The molecule has 1 atom stereocenters. The van der Waals surface area contributed by atoms with Crippen LogP contribution in [0.3, 0.4) is 0 Å². The molecule has 2 aromatic rings. The maximum atomic E-state index is 12.1. The minimum Gasteiger partial charge on any atom is -0.357 e. The van der Waals surface area contributed by atoms with Crippen molar-refractivity contribution in [1.82, 2.24) is 20.8 Å². The molecule has 0 aliphatic heterocycles. The van der Waals surface area contributed by atoms with Crippen molar-refractivity contribution >= 4 is 40.2 Å². The molecule has 9 heteroatoms. The quantitative estimate of drug-likeness (QED) is 0.483. The van der Waals surface area contributed by atoms with Gasteiger partial charge in [0.1, 0.15) is 0 Å². The fraction of sp³-hybridized carbons (Fsp3) is 0.250. The first-order valence-corrected chi connectivity index (χ1v) is 9.25. The first kappa shape index (κ1) is 18.9. The number of carbonyl (C=O) groups is 2. The van der Waals surface area contributed by atoms with E-state index in [1.807, 2.05) is 30.3 Å². The number of hydrogen-bond donors (Lipinski definition) is 3. The largest absolute Gasteiger partial charge is 0.357 e. The van der Waals surface area contributed by atoms with E-state index in [9.17, 15) is 9.59 Å². The zero-order chi connectivity index (χ0) is 18.1. The number of benzene rings is 1. The summed E-state index contributed by atoms with van der Waals surface area (Å²) in [6.45, 7) is 6.28. The Bertz CT molecular complexity index is 720. The molecule has 0 saturated heterocycles. The van der Waals surface area contributed by atoms with Crippen LogP contribution in [0.1, 0.15) is 12.5 Å². The smallest absolute Gasteiger partial charge is 0.321 e. The van der Waals surface area contributed by atoms with Crippen molar-refractivity contribution in [1.29, 1.82) is 0 Å². The zero-order valence-electron chi connectivity index (χ0n) is 13.7. The number of amides is 3. The Morgan fingerprint density at radius 2 is 2.08 bits per heavy atom. The highest BCUT2D eigenvalue weighted by Gasteiger charge is 2.19. The third-order valence-electron chi connectivity index (χ3n) is 2.98. The van der Waals surface area contributed by atoms with Gasteiger partial charge in [-0.15, -0.1) is 16.8 Å². The fourth-order valence-corrected chi connectivity index (χ4v) is 3.63. The maximum absolute atomic E-state index is 12.1. The summed E-state index contributed by atoms with van der Waals surface area (Å²) in [5, 5.41) is 16.2. The molecular formula is C16H19N5O2S2. The van der Waals surface area contributed by atoms with E-state index in [-0.39, 0.29) is 5.91 Å². The van der Waals surface area contributed by atoms with E-state index < -0.39 is 11.3 Å². The van der Waals surface area contributed by atoms with E-state index in [0.29, 0.717) is 22.6 Å². The monoisotopic (exact) mass is 377 g/mol. The molecule has 1 heterocycles. The van der Waals surface area contributed by atoms with Crippen LogP contribution in [-0.4, -0.2) is 33.9 Å². The third-order valence-corrected chi connectivity index (χ3v) is 5.05. The van der Waals surface area contributed by atoms with Gasteiger partial charge in [0.05, 0.1) is 5.25 Å². The van der Waals surface area contributed by atoms with Gasteiger partial charge in [0.25, 0.3) is 0 Å². The number of anilines is 1. The van der Waals surface area contributed by atoms with Gasteiger partial charge in [-0.1, -0.05) is 59.5 Å². The Labute approximate surface area is 154 Å². The molecule has 0 radical (unpaired) electrons. The van der Waals surface area contributed by atoms with Crippen molar-refractivity contribution in [3.8, 4) is 0 Å². The number of hydrogen-bond acceptors (Lipinski definition) is 7. The molecule has 0 unspecified atom stereocenters. The number of urea groups is 1. The van der Waals surface area contributed by atoms with Crippen molar-refractivity contribution < 1.29 is 9.59 Å². The number of aromatic nitrogens is 2. The van der Waals surface area contributed by atoms with E-state index in [4.69, 9.17) is 0 Å². The van der Waals surface area contributed by atoms with Gasteiger partial charge in [0, 0.05) is 13.1 Å². The highest BCUT2D eigenvalue weighted by Crippen LogP contribution is 2.28. The van der Waals surface area contributed by atoms with E-state index in [0.717, 1.165) is 5.56 Å². The minimum atomic E-state index is -0.521. The number of nitrogens with zero attached hydrogens (tertiary/aromatic N) is 2. The van der Waals surface area contributed by atoms with Crippen molar-refractivity contribution in [2.75, 3.05) is 11.9 Å². The molecule has 7 nitrogen and oxygen atoms in total. The number of thioether (sulfide) groups is 1. The summed E-state index contributed by atoms with van der Waals surface area (Å²) in [6.07, 6.45) is 1.72. The third kappa shape index (κ3) is 6.55. The topological polar surface area (TPSA) is 96.0 Å². The number of imide groups is 1. The van der Waals surface area contributed by atoms with E-state index >= 15 is 0 Å². The molecule has 0 saturated carbocycles. The molecule has 25 heavy (non-hydrogen) atoms. The van der Waals surface area contributed by atoms with Crippen LogP contribution >= 0.6 is 23.1 Å². The lowest BCUT2D eigenvalue weighted by Crippen LogP contribution is -2.42. The molecule has 3 amide bonds. The summed E-state index contributed by atoms with van der Waals surface area (Å²) in [7, 11) is 0. The van der Waals surface area contributed by atoms with Crippen LogP contribution in [0.4, 0.5) is 9.93 Å². The van der Waals surface area contributed by atoms with Crippen LogP contribution in [0.15, 0.2) is 47.3 Å². The van der Waals surface area contributed by atoms with Crippen LogP contribution in [-0.2, 0) is 11.3 Å². The SMILES string of the molecule is C=CCNc1nnc(S[C@H](C)C(=O)NC(=O)NCc2ccccc2)s1.